The van der Waals surface area contributed by atoms with Crippen molar-refractivity contribution in [3.63, 3.8) is 0 Å². The number of aryl methyl sites for hydroxylation is 1. The van der Waals surface area contributed by atoms with Gasteiger partial charge in [-0.2, -0.15) is 0 Å². The Morgan fingerprint density at radius 1 is 1.56 bits per heavy atom. The smallest absolute Gasteiger partial charge is 0.0495 e. The van der Waals surface area contributed by atoms with Crippen LogP contribution in [0.25, 0.3) is 0 Å². The highest BCUT2D eigenvalue weighted by atomic mass is 32.1. The van der Waals surface area contributed by atoms with Crippen LogP contribution in [0, 0.1) is 5.92 Å². The Bertz CT molecular complexity index is 306. The van der Waals surface area contributed by atoms with Gasteiger partial charge in [0.2, 0.25) is 0 Å². The second kappa shape index (κ2) is 7.93. The molecule has 0 amide bonds. The monoisotopic (exact) mass is 267 g/mol. The molecule has 0 aromatic carbocycles. The number of thiophene rings is 1. The highest BCUT2D eigenvalue weighted by molar-refractivity contribution is 7.09. The molecular weight excluding hydrogens is 242 g/mol. The Morgan fingerprint density at radius 3 is 3.17 bits per heavy atom. The minimum Gasteiger partial charge on any atom is -0.381 e. The van der Waals surface area contributed by atoms with Crippen LogP contribution in [0.5, 0.6) is 0 Å². The molecule has 0 spiro atoms. The molecule has 0 bridgehead atoms. The van der Waals surface area contributed by atoms with Crippen LogP contribution >= 0.6 is 11.3 Å². The molecule has 1 N–H and O–H groups in total. The summed E-state index contributed by atoms with van der Waals surface area (Å²) in [5.74, 6) is 0.780. The maximum atomic E-state index is 5.49. The molecule has 102 valence electrons. The average Bonchev–Trinajstić information content (AvgIpc) is 3.05. The van der Waals surface area contributed by atoms with Gasteiger partial charge in [-0.15, -0.1) is 11.3 Å². The molecule has 1 aromatic rings. The Hall–Kier alpha value is -0.380. The minimum absolute atomic E-state index is 0.666. The lowest BCUT2D eigenvalue weighted by Gasteiger charge is -2.21. The number of hydrogen-bond donors (Lipinski definition) is 1. The van der Waals surface area contributed by atoms with Gasteiger partial charge < -0.3 is 10.1 Å². The van der Waals surface area contributed by atoms with Crippen molar-refractivity contribution in [1.29, 1.82) is 0 Å². The van der Waals surface area contributed by atoms with Crippen molar-refractivity contribution in [3.05, 3.63) is 22.4 Å². The molecule has 2 unspecified atom stereocenters. The topological polar surface area (TPSA) is 21.3 Å². The predicted octanol–water partition coefficient (Wildman–Crippen LogP) is 3.48. The molecule has 2 heterocycles. The van der Waals surface area contributed by atoms with E-state index in [2.05, 4.69) is 29.8 Å². The molecule has 2 nitrogen and oxygen atoms in total. The van der Waals surface area contributed by atoms with E-state index in [1.165, 1.54) is 37.0 Å². The van der Waals surface area contributed by atoms with Crippen LogP contribution in [0.1, 0.15) is 37.5 Å². The van der Waals surface area contributed by atoms with E-state index in [0.717, 1.165) is 25.7 Å². The van der Waals surface area contributed by atoms with Gasteiger partial charge in [0.25, 0.3) is 0 Å². The average molecular weight is 267 g/mol. The molecular formula is C15H25NOS. The first-order chi connectivity index (χ1) is 8.88. The Balaban J connectivity index is 1.75. The molecule has 18 heavy (non-hydrogen) atoms. The van der Waals surface area contributed by atoms with Gasteiger partial charge in [-0.3, -0.25) is 0 Å². The lowest BCUT2D eigenvalue weighted by atomic mass is 9.96. The van der Waals surface area contributed by atoms with Gasteiger partial charge in [0, 0.05) is 24.1 Å². The molecule has 2 atom stereocenters. The fourth-order valence-corrected chi connectivity index (χ4v) is 3.32. The van der Waals surface area contributed by atoms with Gasteiger partial charge in [-0.05, 0) is 56.0 Å². The Morgan fingerprint density at radius 2 is 2.50 bits per heavy atom. The molecule has 3 heteroatoms. The maximum absolute atomic E-state index is 5.49. The minimum atomic E-state index is 0.666. The zero-order valence-corrected chi connectivity index (χ0v) is 12.2. The summed E-state index contributed by atoms with van der Waals surface area (Å²) < 4.78 is 5.49. The van der Waals surface area contributed by atoms with Crippen molar-refractivity contribution in [1.82, 2.24) is 5.32 Å². The van der Waals surface area contributed by atoms with Crippen LogP contribution in [0.4, 0.5) is 0 Å². The molecule has 0 radical (unpaired) electrons. The number of ether oxygens (including phenoxy) is 1. The van der Waals surface area contributed by atoms with Gasteiger partial charge >= 0.3 is 0 Å². The lowest BCUT2D eigenvalue weighted by molar-refractivity contribution is 0.181. The Labute approximate surface area is 115 Å². The second-order valence-corrected chi connectivity index (χ2v) is 6.27. The highest BCUT2D eigenvalue weighted by Gasteiger charge is 2.20. The fourth-order valence-electron chi connectivity index (χ4n) is 2.59. The fraction of sp³-hybridized carbons (Fsp3) is 0.733. The van der Waals surface area contributed by atoms with E-state index in [9.17, 15) is 0 Å². The van der Waals surface area contributed by atoms with E-state index >= 15 is 0 Å². The standard InChI is InChI=1S/C15H25NOS/c1-2-8-16-14(11-13-7-9-17-12-13)5-6-15-4-3-10-18-15/h3-4,10,13-14,16H,2,5-9,11-12H2,1H3. The summed E-state index contributed by atoms with van der Waals surface area (Å²) in [6.45, 7) is 5.32. The van der Waals surface area contributed by atoms with Crippen LogP contribution < -0.4 is 5.32 Å². The van der Waals surface area contributed by atoms with Crippen molar-refractivity contribution in [2.24, 2.45) is 5.92 Å². The van der Waals surface area contributed by atoms with Gasteiger partial charge in [-0.1, -0.05) is 13.0 Å². The van der Waals surface area contributed by atoms with E-state index in [0.29, 0.717) is 6.04 Å². The summed E-state index contributed by atoms with van der Waals surface area (Å²) >= 11 is 1.88. The SMILES string of the molecule is CCCNC(CCc1cccs1)CC1CCOC1. The van der Waals surface area contributed by atoms with Crippen molar-refractivity contribution < 1.29 is 4.74 Å². The van der Waals surface area contributed by atoms with Crippen LogP contribution in [-0.4, -0.2) is 25.8 Å². The summed E-state index contributed by atoms with van der Waals surface area (Å²) in [5, 5.41) is 5.88. The zero-order chi connectivity index (χ0) is 12.6. The summed E-state index contributed by atoms with van der Waals surface area (Å²) in [4.78, 5) is 1.51. The van der Waals surface area contributed by atoms with Crippen LogP contribution in [-0.2, 0) is 11.2 Å². The molecule has 1 aliphatic rings. The van der Waals surface area contributed by atoms with Crippen molar-refractivity contribution in [3.8, 4) is 0 Å². The largest absolute Gasteiger partial charge is 0.381 e. The van der Waals surface area contributed by atoms with Gasteiger partial charge in [0.15, 0.2) is 0 Å². The van der Waals surface area contributed by atoms with E-state index in [4.69, 9.17) is 4.74 Å². The second-order valence-electron chi connectivity index (χ2n) is 5.23. The number of hydrogen-bond acceptors (Lipinski definition) is 3. The molecule has 1 aromatic heterocycles. The van der Waals surface area contributed by atoms with Crippen LogP contribution in [0.2, 0.25) is 0 Å². The summed E-state index contributed by atoms with van der Waals surface area (Å²) in [6, 6.07) is 5.07. The van der Waals surface area contributed by atoms with E-state index in [1.807, 2.05) is 11.3 Å². The first-order valence-corrected chi connectivity index (χ1v) is 8.10. The first kappa shape index (κ1) is 14.0. The van der Waals surface area contributed by atoms with Crippen molar-refractivity contribution >= 4 is 11.3 Å². The molecule has 1 aliphatic heterocycles. The lowest BCUT2D eigenvalue weighted by Crippen LogP contribution is -2.32. The van der Waals surface area contributed by atoms with Gasteiger partial charge in [0.05, 0.1) is 0 Å². The normalized spacial score (nSPS) is 21.3. The molecule has 1 saturated heterocycles. The molecule has 0 aliphatic carbocycles. The number of nitrogens with one attached hydrogen (secondary N) is 1. The summed E-state index contributed by atoms with van der Waals surface area (Å²) in [7, 11) is 0. The number of rotatable bonds is 8. The van der Waals surface area contributed by atoms with Crippen molar-refractivity contribution in [2.75, 3.05) is 19.8 Å². The van der Waals surface area contributed by atoms with Gasteiger partial charge in [0.1, 0.15) is 0 Å². The predicted molar refractivity (Wildman–Crippen MR) is 78.3 cm³/mol. The van der Waals surface area contributed by atoms with Gasteiger partial charge in [-0.25, -0.2) is 0 Å². The third-order valence-corrected chi connectivity index (χ3v) is 4.58. The summed E-state index contributed by atoms with van der Waals surface area (Å²) in [5.41, 5.74) is 0. The Kier molecular flexibility index (Phi) is 6.18. The van der Waals surface area contributed by atoms with Crippen LogP contribution in [0.15, 0.2) is 17.5 Å². The van der Waals surface area contributed by atoms with E-state index in [-0.39, 0.29) is 0 Å². The molecule has 1 fully saturated rings. The highest BCUT2D eigenvalue weighted by Crippen LogP contribution is 2.21. The van der Waals surface area contributed by atoms with E-state index < -0.39 is 0 Å². The third-order valence-electron chi connectivity index (χ3n) is 3.64. The van der Waals surface area contributed by atoms with Crippen LogP contribution in [0.3, 0.4) is 0 Å². The zero-order valence-electron chi connectivity index (χ0n) is 11.4. The quantitative estimate of drug-likeness (QED) is 0.778. The molecule has 0 saturated carbocycles. The van der Waals surface area contributed by atoms with Crippen molar-refractivity contribution in [2.45, 2.75) is 45.1 Å². The maximum Gasteiger partial charge on any atom is 0.0495 e. The van der Waals surface area contributed by atoms with E-state index in [1.54, 1.807) is 0 Å². The summed E-state index contributed by atoms with van der Waals surface area (Å²) in [6.07, 6.45) is 6.23. The molecule has 2 rings (SSSR count). The first-order valence-electron chi connectivity index (χ1n) is 7.22. The third kappa shape index (κ3) is 4.71.